The average molecular weight is 393 g/mol. The lowest BCUT2D eigenvalue weighted by atomic mass is 9.72. The Morgan fingerprint density at radius 2 is 2.03 bits per heavy atom. The Balaban J connectivity index is 1.81. The number of rotatable bonds is 1. The Morgan fingerprint density at radius 3 is 2.72 bits per heavy atom. The van der Waals surface area contributed by atoms with Crippen LogP contribution >= 0.6 is 0 Å². The highest BCUT2D eigenvalue weighted by molar-refractivity contribution is 6.06. The maximum Gasteiger partial charge on any atom is 0.414 e. The highest BCUT2D eigenvalue weighted by Gasteiger charge is 2.40. The van der Waals surface area contributed by atoms with Crippen LogP contribution in [0.25, 0.3) is 11.8 Å². The Labute approximate surface area is 170 Å². The van der Waals surface area contributed by atoms with E-state index in [0.29, 0.717) is 12.0 Å². The molecule has 0 saturated carbocycles. The molecule has 1 aromatic heterocycles. The van der Waals surface area contributed by atoms with Crippen LogP contribution in [-0.2, 0) is 17.6 Å². The lowest BCUT2D eigenvalue weighted by molar-refractivity contribution is -0.128. The van der Waals surface area contributed by atoms with Crippen LogP contribution in [0.15, 0.2) is 30.1 Å². The molecule has 1 unspecified atom stereocenters. The van der Waals surface area contributed by atoms with Gasteiger partial charge in [-0.05, 0) is 54.7 Å². The smallest absolute Gasteiger partial charge is 0.414 e. The van der Waals surface area contributed by atoms with Crippen LogP contribution in [0, 0.1) is 18.3 Å². The van der Waals surface area contributed by atoms with Crippen LogP contribution in [0.4, 0.5) is 4.79 Å². The quantitative estimate of drug-likeness (QED) is 0.736. The minimum Gasteiger partial charge on any atom is -0.465 e. The normalized spacial score (nSPS) is 20.6. The summed E-state index contributed by atoms with van der Waals surface area (Å²) in [6, 6.07) is 6.32. The van der Waals surface area contributed by atoms with E-state index in [1.54, 1.807) is 0 Å². The van der Waals surface area contributed by atoms with Crippen LogP contribution in [0.1, 0.15) is 49.7 Å². The summed E-state index contributed by atoms with van der Waals surface area (Å²) in [6.07, 6.45) is 4.86. The Hall–Kier alpha value is -2.89. The van der Waals surface area contributed by atoms with Crippen molar-refractivity contribution in [3.05, 3.63) is 52.6 Å². The molecule has 1 N–H and O–H groups in total. The fraction of sp³-hybridized carbons (Fsp3) is 0.435. The van der Waals surface area contributed by atoms with Crippen molar-refractivity contribution in [3.8, 4) is 5.69 Å². The van der Waals surface area contributed by atoms with Gasteiger partial charge in [-0.15, -0.1) is 0 Å². The summed E-state index contributed by atoms with van der Waals surface area (Å²) in [5.41, 5.74) is 5.90. The molecule has 2 amide bonds. The second-order valence-corrected chi connectivity index (χ2v) is 9.08. The number of carboxylic acid groups (broad SMARTS) is 1. The number of benzene rings is 1. The molecule has 152 valence electrons. The van der Waals surface area contributed by atoms with Crippen LogP contribution in [0.5, 0.6) is 0 Å². The number of hydrogen-bond donors (Lipinski definition) is 1. The molecule has 6 nitrogen and oxygen atoms in total. The molecular formula is C23H27N3O3. The molecule has 3 heterocycles. The molecule has 0 radical (unpaired) electrons. The number of hydrogen-bond acceptors (Lipinski definition) is 3. The van der Waals surface area contributed by atoms with E-state index in [-0.39, 0.29) is 17.9 Å². The van der Waals surface area contributed by atoms with Crippen LogP contribution in [0.2, 0.25) is 0 Å². The van der Waals surface area contributed by atoms with Crippen molar-refractivity contribution >= 4 is 18.1 Å². The second-order valence-electron chi connectivity index (χ2n) is 9.08. The summed E-state index contributed by atoms with van der Waals surface area (Å²) in [4.78, 5) is 30.1. The summed E-state index contributed by atoms with van der Waals surface area (Å²) < 4.78 is 2.12. The monoisotopic (exact) mass is 393 g/mol. The van der Waals surface area contributed by atoms with Gasteiger partial charge < -0.3 is 9.67 Å². The number of imide groups is 1. The molecule has 0 aliphatic carbocycles. The SMILES string of the molecule is Cc1cccc2c1-n1cnc(C=C3C(=O)N(C(=O)O)CCC3C(C)(C)C)c1CC2. The summed E-state index contributed by atoms with van der Waals surface area (Å²) >= 11 is 0. The molecule has 0 bridgehead atoms. The summed E-state index contributed by atoms with van der Waals surface area (Å²) in [5.74, 6) is -0.432. The van der Waals surface area contributed by atoms with E-state index < -0.39 is 12.0 Å². The van der Waals surface area contributed by atoms with E-state index in [1.807, 2.05) is 12.4 Å². The number of carbonyl (C=O) groups excluding carboxylic acids is 1. The fourth-order valence-electron chi connectivity index (χ4n) is 4.68. The molecular weight excluding hydrogens is 366 g/mol. The molecule has 6 heteroatoms. The van der Waals surface area contributed by atoms with Gasteiger partial charge in [-0.3, -0.25) is 4.79 Å². The molecule has 1 fully saturated rings. The van der Waals surface area contributed by atoms with Crippen molar-refractivity contribution < 1.29 is 14.7 Å². The second kappa shape index (κ2) is 6.87. The van der Waals surface area contributed by atoms with E-state index >= 15 is 0 Å². The molecule has 2 aliphatic heterocycles. The van der Waals surface area contributed by atoms with Gasteiger partial charge in [0, 0.05) is 12.1 Å². The maximum atomic E-state index is 13.0. The number of amides is 2. The standard InChI is InChI=1S/C23H27N3O3/c1-14-6-5-7-15-8-9-19-18(24-13-26(19)20(14)15)12-16-17(23(2,3)4)10-11-25(21(16)27)22(28)29/h5-7,12-13,17H,8-11H2,1-4H3,(H,28,29). The molecule has 29 heavy (non-hydrogen) atoms. The topological polar surface area (TPSA) is 75.4 Å². The molecule has 1 aromatic carbocycles. The Bertz CT molecular complexity index is 1030. The van der Waals surface area contributed by atoms with Gasteiger partial charge in [-0.1, -0.05) is 39.0 Å². The van der Waals surface area contributed by atoms with E-state index in [4.69, 9.17) is 0 Å². The summed E-state index contributed by atoms with van der Waals surface area (Å²) in [6.45, 7) is 8.62. The number of piperidine rings is 1. The molecule has 4 rings (SSSR count). The predicted octanol–water partition coefficient (Wildman–Crippen LogP) is 4.24. The number of aryl methyl sites for hydroxylation is 2. The Morgan fingerprint density at radius 1 is 1.28 bits per heavy atom. The van der Waals surface area contributed by atoms with Gasteiger partial charge >= 0.3 is 6.09 Å². The number of likely N-dealkylation sites (tertiary alicyclic amines) is 1. The van der Waals surface area contributed by atoms with E-state index in [9.17, 15) is 14.7 Å². The number of fused-ring (bicyclic) bond motifs is 3. The van der Waals surface area contributed by atoms with Gasteiger partial charge in [0.25, 0.3) is 5.91 Å². The number of aromatic nitrogens is 2. The van der Waals surface area contributed by atoms with Crippen molar-refractivity contribution in [2.24, 2.45) is 11.3 Å². The molecule has 1 saturated heterocycles. The third-order valence-electron chi connectivity index (χ3n) is 6.17. The van der Waals surface area contributed by atoms with Gasteiger partial charge in [0.1, 0.15) is 6.33 Å². The summed E-state index contributed by atoms with van der Waals surface area (Å²) in [7, 11) is 0. The number of imidazole rings is 1. The number of nitrogens with zero attached hydrogens (tertiary/aromatic N) is 3. The molecule has 2 aliphatic rings. The number of para-hydroxylation sites is 1. The van der Waals surface area contributed by atoms with Crippen LogP contribution in [-0.4, -0.2) is 38.1 Å². The molecule has 0 spiro atoms. The zero-order valence-corrected chi connectivity index (χ0v) is 17.4. The van der Waals surface area contributed by atoms with Crippen molar-refractivity contribution in [3.63, 3.8) is 0 Å². The zero-order valence-electron chi connectivity index (χ0n) is 17.4. The molecule has 1 atom stereocenters. The lowest BCUT2D eigenvalue weighted by Gasteiger charge is -2.38. The van der Waals surface area contributed by atoms with Gasteiger partial charge in [-0.25, -0.2) is 14.7 Å². The average Bonchev–Trinajstić information content (AvgIpc) is 3.05. The third-order valence-corrected chi connectivity index (χ3v) is 6.17. The van der Waals surface area contributed by atoms with Gasteiger partial charge in [0.15, 0.2) is 0 Å². The first-order valence-electron chi connectivity index (χ1n) is 10.1. The highest BCUT2D eigenvalue weighted by Crippen LogP contribution is 2.40. The van der Waals surface area contributed by atoms with E-state index in [0.717, 1.165) is 29.1 Å². The predicted molar refractivity (Wildman–Crippen MR) is 111 cm³/mol. The van der Waals surface area contributed by atoms with Crippen molar-refractivity contribution in [1.29, 1.82) is 0 Å². The van der Waals surface area contributed by atoms with Crippen LogP contribution < -0.4 is 0 Å². The van der Waals surface area contributed by atoms with Crippen molar-refractivity contribution in [1.82, 2.24) is 14.5 Å². The minimum atomic E-state index is -1.19. The first-order chi connectivity index (χ1) is 13.7. The van der Waals surface area contributed by atoms with E-state index in [1.165, 1.54) is 16.8 Å². The first-order valence-corrected chi connectivity index (χ1v) is 10.1. The maximum absolute atomic E-state index is 13.0. The van der Waals surface area contributed by atoms with Crippen LogP contribution in [0.3, 0.4) is 0 Å². The fourth-order valence-corrected chi connectivity index (χ4v) is 4.68. The number of carbonyl (C=O) groups is 2. The zero-order chi connectivity index (χ0) is 20.9. The summed E-state index contributed by atoms with van der Waals surface area (Å²) in [5, 5.41) is 9.43. The largest absolute Gasteiger partial charge is 0.465 e. The Kier molecular flexibility index (Phi) is 4.60. The van der Waals surface area contributed by atoms with Gasteiger partial charge in [0.05, 0.1) is 17.1 Å². The van der Waals surface area contributed by atoms with Gasteiger partial charge in [-0.2, -0.15) is 0 Å². The minimum absolute atomic E-state index is 0.0134. The van der Waals surface area contributed by atoms with Crippen molar-refractivity contribution in [2.45, 2.75) is 47.0 Å². The highest BCUT2D eigenvalue weighted by atomic mass is 16.4. The van der Waals surface area contributed by atoms with E-state index in [2.05, 4.69) is 55.4 Å². The first kappa shape index (κ1) is 19.4. The third kappa shape index (κ3) is 3.26. The molecule has 2 aromatic rings. The van der Waals surface area contributed by atoms with Crippen molar-refractivity contribution in [2.75, 3.05) is 6.54 Å². The lowest BCUT2D eigenvalue weighted by Crippen LogP contribution is -2.46. The van der Waals surface area contributed by atoms with Gasteiger partial charge in [0.2, 0.25) is 0 Å².